The van der Waals surface area contributed by atoms with Gasteiger partial charge in [-0.05, 0) is 85.9 Å². The fourth-order valence-corrected chi connectivity index (χ4v) is 5.78. The Labute approximate surface area is 213 Å². The van der Waals surface area contributed by atoms with E-state index in [1.165, 1.54) is 0 Å². The van der Waals surface area contributed by atoms with Crippen LogP contribution in [0.15, 0.2) is 66.9 Å². The van der Waals surface area contributed by atoms with Gasteiger partial charge in [-0.15, -0.1) is 0 Å². The molecule has 0 unspecified atom stereocenters. The standard InChI is InChI=1S/C30H36N2O4/c1-3-29(36)13-14-30(25(18-29)20-34,17-22-8-5-4-6-9-22)26-12-11-23(16-24(26)19-33)28(35)32-27-10-7-15-31-21(27)2/h4-12,15-16,25,33-34,36H,3,13-14,17-20H2,1-2H3,(H,32,35)/t25-,29-,30+/m1/s1. The van der Waals surface area contributed by atoms with E-state index < -0.39 is 11.0 Å². The van der Waals surface area contributed by atoms with Crippen molar-refractivity contribution in [2.45, 2.75) is 63.6 Å². The first-order valence-electron chi connectivity index (χ1n) is 12.7. The Balaban J connectivity index is 1.75. The minimum atomic E-state index is -0.811. The minimum Gasteiger partial charge on any atom is -0.396 e. The highest BCUT2D eigenvalue weighted by Crippen LogP contribution is 2.51. The monoisotopic (exact) mass is 488 g/mol. The van der Waals surface area contributed by atoms with Crippen LogP contribution < -0.4 is 5.32 Å². The lowest BCUT2D eigenvalue weighted by Crippen LogP contribution is -2.50. The normalized spacial score (nSPS) is 23.9. The van der Waals surface area contributed by atoms with Crippen LogP contribution in [0.2, 0.25) is 0 Å². The van der Waals surface area contributed by atoms with Crippen molar-refractivity contribution < 1.29 is 20.1 Å². The first-order valence-corrected chi connectivity index (χ1v) is 12.7. The van der Waals surface area contributed by atoms with E-state index in [0.717, 1.165) is 16.8 Å². The highest BCUT2D eigenvalue weighted by Gasteiger charge is 2.49. The van der Waals surface area contributed by atoms with Crippen molar-refractivity contribution >= 4 is 11.6 Å². The first-order chi connectivity index (χ1) is 17.3. The summed E-state index contributed by atoms with van der Waals surface area (Å²) < 4.78 is 0. The van der Waals surface area contributed by atoms with Crippen LogP contribution in [-0.2, 0) is 18.4 Å². The maximum absolute atomic E-state index is 13.0. The molecule has 4 N–H and O–H groups in total. The molecule has 1 fully saturated rings. The molecule has 0 radical (unpaired) electrons. The number of carbonyl (C=O) groups is 1. The number of aliphatic hydroxyl groups is 3. The molecular formula is C30H36N2O4. The van der Waals surface area contributed by atoms with Gasteiger partial charge in [0.2, 0.25) is 0 Å². The number of aryl methyl sites for hydroxylation is 1. The van der Waals surface area contributed by atoms with Crippen LogP contribution >= 0.6 is 0 Å². The van der Waals surface area contributed by atoms with Gasteiger partial charge in [0.15, 0.2) is 0 Å². The second-order valence-electron chi connectivity index (χ2n) is 10.1. The fraction of sp³-hybridized carbons (Fsp3) is 0.400. The average Bonchev–Trinajstić information content (AvgIpc) is 2.91. The Kier molecular flexibility index (Phi) is 7.88. The second kappa shape index (κ2) is 10.9. The maximum Gasteiger partial charge on any atom is 0.255 e. The van der Waals surface area contributed by atoms with Gasteiger partial charge in [0, 0.05) is 23.8 Å². The van der Waals surface area contributed by atoms with Crippen molar-refractivity contribution in [2.24, 2.45) is 5.92 Å². The number of aliphatic hydroxyl groups excluding tert-OH is 2. The molecule has 190 valence electrons. The Morgan fingerprint density at radius 1 is 1.08 bits per heavy atom. The highest BCUT2D eigenvalue weighted by molar-refractivity contribution is 6.04. The molecule has 3 atom stereocenters. The van der Waals surface area contributed by atoms with Gasteiger partial charge < -0.3 is 20.6 Å². The Morgan fingerprint density at radius 2 is 1.86 bits per heavy atom. The van der Waals surface area contributed by atoms with Crippen LogP contribution in [0.1, 0.15) is 65.3 Å². The summed E-state index contributed by atoms with van der Waals surface area (Å²) in [6, 6.07) is 19.2. The van der Waals surface area contributed by atoms with Crippen LogP contribution in [0, 0.1) is 12.8 Å². The molecule has 36 heavy (non-hydrogen) atoms. The quantitative estimate of drug-likeness (QED) is 0.373. The zero-order valence-electron chi connectivity index (χ0n) is 21.1. The molecule has 0 aliphatic heterocycles. The van der Waals surface area contributed by atoms with E-state index in [1.807, 2.05) is 38.1 Å². The number of carbonyl (C=O) groups excluding carboxylic acids is 1. The predicted molar refractivity (Wildman–Crippen MR) is 141 cm³/mol. The Hall–Kier alpha value is -3.06. The fourth-order valence-electron chi connectivity index (χ4n) is 5.78. The molecule has 1 amide bonds. The van der Waals surface area contributed by atoms with Gasteiger partial charge in [0.05, 0.1) is 23.6 Å². The number of rotatable bonds is 8. The number of benzene rings is 2. The summed E-state index contributed by atoms with van der Waals surface area (Å²) in [5.74, 6) is -0.466. The molecule has 1 aromatic heterocycles. The van der Waals surface area contributed by atoms with E-state index in [9.17, 15) is 20.1 Å². The van der Waals surface area contributed by atoms with Crippen LogP contribution in [-0.4, -0.2) is 38.4 Å². The summed E-state index contributed by atoms with van der Waals surface area (Å²) in [5.41, 5.74) is 3.26. The molecule has 4 rings (SSSR count). The number of hydrogen-bond acceptors (Lipinski definition) is 5. The molecule has 6 heteroatoms. The highest BCUT2D eigenvalue weighted by atomic mass is 16.3. The van der Waals surface area contributed by atoms with Gasteiger partial charge in [-0.25, -0.2) is 0 Å². The zero-order valence-corrected chi connectivity index (χ0v) is 21.1. The molecule has 0 bridgehead atoms. The lowest BCUT2D eigenvalue weighted by atomic mass is 9.56. The van der Waals surface area contributed by atoms with Crippen LogP contribution in [0.4, 0.5) is 5.69 Å². The molecule has 1 saturated carbocycles. The number of anilines is 1. The molecule has 0 saturated heterocycles. The van der Waals surface area contributed by atoms with Gasteiger partial charge in [0.25, 0.3) is 5.91 Å². The van der Waals surface area contributed by atoms with Gasteiger partial charge in [-0.3, -0.25) is 9.78 Å². The van der Waals surface area contributed by atoms with Crippen molar-refractivity contribution in [1.29, 1.82) is 0 Å². The number of hydrogen-bond donors (Lipinski definition) is 4. The van der Waals surface area contributed by atoms with Gasteiger partial charge in [0.1, 0.15) is 0 Å². The molecule has 3 aromatic rings. The molecule has 1 aliphatic carbocycles. The van der Waals surface area contributed by atoms with Crippen molar-refractivity contribution in [1.82, 2.24) is 4.98 Å². The SMILES string of the molecule is CC[C@@]1(O)CC[C@@](Cc2ccccc2)(c2ccc(C(=O)Nc3cccnc3C)cc2CO)[C@@H](CO)C1. The second-order valence-corrected chi connectivity index (χ2v) is 10.1. The largest absolute Gasteiger partial charge is 0.396 e. The Bertz CT molecular complexity index is 1200. The number of nitrogens with zero attached hydrogens (tertiary/aromatic N) is 1. The average molecular weight is 489 g/mol. The third-order valence-electron chi connectivity index (χ3n) is 8.01. The molecule has 1 aliphatic rings. The van der Waals surface area contributed by atoms with Crippen molar-refractivity contribution in [3.05, 3.63) is 94.8 Å². The van der Waals surface area contributed by atoms with Crippen LogP contribution in [0.5, 0.6) is 0 Å². The van der Waals surface area contributed by atoms with Gasteiger partial charge in [-0.1, -0.05) is 43.3 Å². The van der Waals surface area contributed by atoms with E-state index in [2.05, 4.69) is 22.4 Å². The first kappa shape index (κ1) is 26.0. The zero-order chi connectivity index (χ0) is 25.8. The van der Waals surface area contributed by atoms with E-state index in [1.54, 1.807) is 30.5 Å². The van der Waals surface area contributed by atoms with E-state index in [0.29, 0.717) is 48.9 Å². The summed E-state index contributed by atoms with van der Waals surface area (Å²) in [4.78, 5) is 17.3. The number of pyridine rings is 1. The summed E-state index contributed by atoms with van der Waals surface area (Å²) in [6.07, 6.45) is 4.75. The predicted octanol–water partition coefficient (Wildman–Crippen LogP) is 4.55. The van der Waals surface area contributed by atoms with Crippen molar-refractivity contribution in [2.75, 3.05) is 11.9 Å². The lowest BCUT2D eigenvalue weighted by Gasteiger charge is -2.50. The summed E-state index contributed by atoms with van der Waals surface area (Å²) in [6.45, 7) is 3.52. The number of amides is 1. The third kappa shape index (κ3) is 5.21. The number of nitrogens with one attached hydrogen (secondary N) is 1. The van der Waals surface area contributed by atoms with Crippen molar-refractivity contribution in [3.8, 4) is 0 Å². The van der Waals surface area contributed by atoms with Crippen LogP contribution in [0.3, 0.4) is 0 Å². The molecule has 2 aromatic carbocycles. The summed E-state index contributed by atoms with van der Waals surface area (Å²) in [7, 11) is 0. The topological polar surface area (TPSA) is 103 Å². The molecule has 6 nitrogen and oxygen atoms in total. The van der Waals surface area contributed by atoms with E-state index in [4.69, 9.17) is 0 Å². The van der Waals surface area contributed by atoms with E-state index >= 15 is 0 Å². The third-order valence-corrected chi connectivity index (χ3v) is 8.01. The van der Waals surface area contributed by atoms with Gasteiger partial charge in [-0.2, -0.15) is 0 Å². The minimum absolute atomic E-state index is 0.0669. The maximum atomic E-state index is 13.0. The van der Waals surface area contributed by atoms with E-state index in [-0.39, 0.29) is 25.0 Å². The number of aromatic nitrogens is 1. The van der Waals surface area contributed by atoms with Crippen LogP contribution in [0.25, 0.3) is 0 Å². The Morgan fingerprint density at radius 3 is 2.53 bits per heavy atom. The molecule has 1 heterocycles. The lowest BCUT2D eigenvalue weighted by molar-refractivity contribution is -0.0611. The smallest absolute Gasteiger partial charge is 0.255 e. The molecule has 0 spiro atoms. The van der Waals surface area contributed by atoms with Gasteiger partial charge >= 0.3 is 0 Å². The van der Waals surface area contributed by atoms with Crippen molar-refractivity contribution in [3.63, 3.8) is 0 Å². The summed E-state index contributed by atoms with van der Waals surface area (Å²) >= 11 is 0. The molecular weight excluding hydrogens is 452 g/mol. The summed E-state index contributed by atoms with van der Waals surface area (Å²) in [5, 5.41) is 35.0.